The van der Waals surface area contributed by atoms with Crippen LogP contribution in [0.4, 0.5) is 0 Å². The Morgan fingerprint density at radius 3 is 2.44 bits per heavy atom. The molecule has 0 radical (unpaired) electrons. The predicted octanol–water partition coefficient (Wildman–Crippen LogP) is 2.31. The minimum atomic E-state index is -3.03. The molecule has 0 saturated carbocycles. The summed E-state index contributed by atoms with van der Waals surface area (Å²) in [6, 6.07) is 13.6. The van der Waals surface area contributed by atoms with Crippen LogP contribution >= 0.6 is 0 Å². The lowest BCUT2D eigenvalue weighted by molar-refractivity contribution is 0.174. The summed E-state index contributed by atoms with van der Waals surface area (Å²) in [6.45, 7) is 0. The standard InChI is InChI=1S/C14H16O3S/c1-18(16,17)9-8-14(15)13-7-6-11-4-2-3-5-12(11)10-13/h2-7,10,14-15H,8-9H2,1H3. The normalized spacial score (nSPS) is 13.7. The van der Waals surface area contributed by atoms with Crippen LogP contribution in [0.2, 0.25) is 0 Å². The second-order valence-corrected chi connectivity index (χ2v) is 6.80. The zero-order valence-corrected chi connectivity index (χ0v) is 11.0. The van der Waals surface area contributed by atoms with Gasteiger partial charge in [0.05, 0.1) is 11.9 Å². The lowest BCUT2D eigenvalue weighted by Crippen LogP contribution is -2.08. The number of hydrogen-bond donors (Lipinski definition) is 1. The fourth-order valence-corrected chi connectivity index (χ4v) is 2.56. The SMILES string of the molecule is CS(=O)(=O)CCC(O)c1ccc2ccccc2c1. The summed E-state index contributed by atoms with van der Waals surface area (Å²) in [5.41, 5.74) is 0.761. The molecule has 2 aromatic carbocycles. The summed E-state index contributed by atoms with van der Waals surface area (Å²) < 4.78 is 22.1. The Morgan fingerprint density at radius 1 is 1.11 bits per heavy atom. The van der Waals surface area contributed by atoms with Crippen LogP contribution in [-0.2, 0) is 9.84 Å². The van der Waals surface area contributed by atoms with Gasteiger partial charge in [-0.1, -0.05) is 36.4 Å². The van der Waals surface area contributed by atoms with Gasteiger partial charge in [0.1, 0.15) is 9.84 Å². The summed E-state index contributed by atoms with van der Waals surface area (Å²) in [7, 11) is -3.03. The van der Waals surface area contributed by atoms with E-state index in [1.165, 1.54) is 6.26 Å². The van der Waals surface area contributed by atoms with Crippen molar-refractivity contribution < 1.29 is 13.5 Å². The lowest BCUT2D eigenvalue weighted by atomic mass is 10.0. The molecule has 96 valence electrons. The van der Waals surface area contributed by atoms with Gasteiger partial charge in [-0.3, -0.25) is 0 Å². The van der Waals surface area contributed by atoms with Gasteiger partial charge < -0.3 is 5.11 Å². The Balaban J connectivity index is 2.20. The topological polar surface area (TPSA) is 54.4 Å². The van der Waals surface area contributed by atoms with E-state index in [4.69, 9.17) is 0 Å². The van der Waals surface area contributed by atoms with Crippen molar-refractivity contribution in [2.75, 3.05) is 12.0 Å². The number of benzene rings is 2. The summed E-state index contributed by atoms with van der Waals surface area (Å²) >= 11 is 0. The number of fused-ring (bicyclic) bond motifs is 1. The van der Waals surface area contributed by atoms with Gasteiger partial charge in [0.15, 0.2) is 0 Å². The zero-order chi connectivity index (χ0) is 13.2. The van der Waals surface area contributed by atoms with E-state index in [0.717, 1.165) is 16.3 Å². The smallest absolute Gasteiger partial charge is 0.147 e. The molecule has 0 spiro atoms. The highest BCUT2D eigenvalue weighted by Gasteiger charge is 2.11. The third-order valence-electron chi connectivity index (χ3n) is 2.92. The van der Waals surface area contributed by atoms with E-state index in [9.17, 15) is 13.5 Å². The Labute approximate surface area is 107 Å². The molecule has 1 atom stereocenters. The quantitative estimate of drug-likeness (QED) is 0.922. The highest BCUT2D eigenvalue weighted by molar-refractivity contribution is 7.90. The van der Waals surface area contributed by atoms with Crippen molar-refractivity contribution in [3.8, 4) is 0 Å². The van der Waals surface area contributed by atoms with Crippen LogP contribution in [0.25, 0.3) is 10.8 Å². The molecule has 0 aliphatic heterocycles. The first-order valence-electron chi connectivity index (χ1n) is 5.80. The summed E-state index contributed by atoms with van der Waals surface area (Å²) in [5, 5.41) is 12.1. The fraction of sp³-hybridized carbons (Fsp3) is 0.286. The molecule has 0 bridgehead atoms. The minimum absolute atomic E-state index is 0.000986. The van der Waals surface area contributed by atoms with E-state index in [2.05, 4.69) is 0 Å². The predicted molar refractivity (Wildman–Crippen MR) is 73.2 cm³/mol. The van der Waals surface area contributed by atoms with E-state index < -0.39 is 15.9 Å². The molecule has 1 unspecified atom stereocenters. The van der Waals surface area contributed by atoms with Crippen LogP contribution in [0.3, 0.4) is 0 Å². The van der Waals surface area contributed by atoms with Gasteiger partial charge >= 0.3 is 0 Å². The van der Waals surface area contributed by atoms with Crippen molar-refractivity contribution in [1.29, 1.82) is 0 Å². The number of aliphatic hydroxyl groups excluding tert-OH is 1. The highest BCUT2D eigenvalue weighted by atomic mass is 32.2. The Kier molecular flexibility index (Phi) is 3.68. The number of rotatable bonds is 4. The molecule has 4 heteroatoms. The van der Waals surface area contributed by atoms with Crippen molar-refractivity contribution >= 4 is 20.6 Å². The van der Waals surface area contributed by atoms with E-state index in [0.29, 0.717) is 0 Å². The maximum absolute atomic E-state index is 11.1. The maximum atomic E-state index is 11.1. The Bertz CT molecular complexity index is 647. The zero-order valence-electron chi connectivity index (χ0n) is 10.2. The molecular formula is C14H16O3S. The first kappa shape index (κ1) is 13.1. The number of hydrogen-bond acceptors (Lipinski definition) is 3. The van der Waals surface area contributed by atoms with E-state index in [1.807, 2.05) is 42.5 Å². The van der Waals surface area contributed by atoms with Crippen molar-refractivity contribution in [2.45, 2.75) is 12.5 Å². The molecule has 0 aromatic heterocycles. The van der Waals surface area contributed by atoms with E-state index >= 15 is 0 Å². The average molecular weight is 264 g/mol. The molecule has 2 rings (SSSR count). The van der Waals surface area contributed by atoms with Gasteiger partial charge in [-0.2, -0.15) is 0 Å². The molecule has 2 aromatic rings. The lowest BCUT2D eigenvalue weighted by Gasteiger charge is -2.11. The largest absolute Gasteiger partial charge is 0.388 e. The molecule has 0 saturated heterocycles. The van der Waals surface area contributed by atoms with Gasteiger partial charge in [-0.15, -0.1) is 0 Å². The Morgan fingerprint density at radius 2 is 1.78 bits per heavy atom. The second kappa shape index (κ2) is 5.08. The van der Waals surface area contributed by atoms with Crippen molar-refractivity contribution in [2.24, 2.45) is 0 Å². The molecule has 1 N–H and O–H groups in total. The summed E-state index contributed by atoms with van der Waals surface area (Å²) in [5.74, 6) is 0.000986. The summed E-state index contributed by atoms with van der Waals surface area (Å²) in [4.78, 5) is 0. The van der Waals surface area contributed by atoms with E-state index in [-0.39, 0.29) is 12.2 Å². The first-order valence-corrected chi connectivity index (χ1v) is 7.86. The molecular weight excluding hydrogens is 248 g/mol. The van der Waals surface area contributed by atoms with E-state index in [1.54, 1.807) is 0 Å². The monoisotopic (exact) mass is 264 g/mol. The van der Waals surface area contributed by atoms with Gasteiger partial charge in [-0.25, -0.2) is 8.42 Å². The molecule has 0 fully saturated rings. The third-order valence-corrected chi connectivity index (χ3v) is 3.90. The van der Waals surface area contributed by atoms with Crippen molar-refractivity contribution in [3.05, 3.63) is 48.0 Å². The van der Waals surface area contributed by atoms with Crippen molar-refractivity contribution in [1.82, 2.24) is 0 Å². The summed E-state index contributed by atoms with van der Waals surface area (Å²) in [6.07, 6.45) is 0.682. The van der Waals surface area contributed by atoms with Crippen LogP contribution in [0.1, 0.15) is 18.1 Å². The molecule has 0 aliphatic carbocycles. The van der Waals surface area contributed by atoms with Crippen molar-refractivity contribution in [3.63, 3.8) is 0 Å². The molecule has 3 nitrogen and oxygen atoms in total. The van der Waals surface area contributed by atoms with Gasteiger partial charge in [0, 0.05) is 6.26 Å². The number of sulfone groups is 1. The number of aliphatic hydroxyl groups is 1. The van der Waals surface area contributed by atoms with Crippen LogP contribution in [0, 0.1) is 0 Å². The average Bonchev–Trinajstić information content (AvgIpc) is 2.34. The second-order valence-electron chi connectivity index (χ2n) is 4.54. The van der Waals surface area contributed by atoms with Gasteiger partial charge in [0.2, 0.25) is 0 Å². The van der Waals surface area contributed by atoms with Gasteiger partial charge in [0.25, 0.3) is 0 Å². The molecule has 0 aliphatic rings. The maximum Gasteiger partial charge on any atom is 0.147 e. The first-order chi connectivity index (χ1) is 8.46. The van der Waals surface area contributed by atoms with Crippen LogP contribution in [0.5, 0.6) is 0 Å². The van der Waals surface area contributed by atoms with Crippen LogP contribution in [0.15, 0.2) is 42.5 Å². The minimum Gasteiger partial charge on any atom is -0.388 e. The third kappa shape index (κ3) is 3.31. The molecule has 0 heterocycles. The fourth-order valence-electron chi connectivity index (χ4n) is 1.91. The highest BCUT2D eigenvalue weighted by Crippen LogP contribution is 2.22. The van der Waals surface area contributed by atoms with Crippen LogP contribution in [-0.4, -0.2) is 25.5 Å². The Hall–Kier alpha value is -1.39. The molecule has 0 amide bonds. The van der Waals surface area contributed by atoms with Crippen LogP contribution < -0.4 is 0 Å². The van der Waals surface area contributed by atoms with Gasteiger partial charge in [-0.05, 0) is 28.8 Å². The molecule has 18 heavy (non-hydrogen) atoms.